The van der Waals surface area contributed by atoms with E-state index in [1.165, 1.54) is 0 Å². The number of nitrogens with one attached hydrogen (secondary N) is 4. The van der Waals surface area contributed by atoms with Crippen LogP contribution in [0.5, 0.6) is 0 Å². The van der Waals surface area contributed by atoms with E-state index in [0.29, 0.717) is 11.6 Å². The third-order valence-corrected chi connectivity index (χ3v) is 8.47. The summed E-state index contributed by atoms with van der Waals surface area (Å²) < 4.78 is 11.0. The number of imidazole rings is 2. The Morgan fingerprint density at radius 1 is 0.538 bits per heavy atom. The second kappa shape index (κ2) is 14.1. The molecule has 0 radical (unpaired) electrons. The summed E-state index contributed by atoms with van der Waals surface area (Å²) in [5, 5.41) is 8.22. The molecule has 2 atom stereocenters. The predicted molar refractivity (Wildman–Crippen MR) is 208 cm³/mol. The Kier molecular flexibility index (Phi) is 10.4. The van der Waals surface area contributed by atoms with Crippen molar-refractivity contribution in [2.75, 3.05) is 0 Å². The summed E-state index contributed by atoms with van der Waals surface area (Å²) in [6.07, 6.45) is 2.66. The number of alkyl carbamates (subject to hydrolysis) is 2. The van der Waals surface area contributed by atoms with Gasteiger partial charge in [-0.15, -0.1) is 0 Å². The van der Waals surface area contributed by atoms with E-state index in [2.05, 4.69) is 133 Å². The van der Waals surface area contributed by atoms with E-state index in [0.717, 1.165) is 44.4 Å². The molecule has 0 aliphatic heterocycles. The highest BCUT2D eigenvalue weighted by Crippen LogP contribution is 2.35. The topological polar surface area (TPSA) is 134 Å². The van der Waals surface area contributed by atoms with Crippen LogP contribution in [-0.4, -0.2) is 43.3 Å². The summed E-state index contributed by atoms with van der Waals surface area (Å²) in [6, 6.07) is 20.4. The van der Waals surface area contributed by atoms with Gasteiger partial charge in [0.15, 0.2) is 0 Å². The molecular formula is C42H54N6O4. The number of benzene rings is 3. The molecule has 2 unspecified atom stereocenters. The lowest BCUT2D eigenvalue weighted by molar-refractivity contribution is 0.0448. The molecule has 2 aromatic heterocycles. The second-order valence-electron chi connectivity index (χ2n) is 17.6. The lowest BCUT2D eigenvalue weighted by Gasteiger charge is -2.31. The maximum Gasteiger partial charge on any atom is 0.408 e. The standard InChI is InChI=1S/C42H54N6O4/c1-39(2,3)33(47-37(49)51-41(7,8)9)35-43-23-31(45-35)26-15-13-25(14-16-26)27-17-18-29-22-30(20-19-28(29)21-27)32-24-44-36(46-32)34(40(4,5)6)48-38(50)52-42(10,11)12/h13-24,33-34H,1-12H3,(H,43,45)(H,44,46)(H,47,49)(H,48,50). The van der Waals surface area contributed by atoms with Crippen molar-refractivity contribution in [3.8, 4) is 33.6 Å². The molecule has 0 aliphatic rings. The van der Waals surface area contributed by atoms with Crippen LogP contribution in [0.2, 0.25) is 0 Å². The normalized spacial score (nSPS) is 13.8. The highest BCUT2D eigenvalue weighted by molar-refractivity contribution is 5.90. The first-order valence-electron chi connectivity index (χ1n) is 17.8. The molecule has 52 heavy (non-hydrogen) atoms. The highest BCUT2D eigenvalue weighted by atomic mass is 16.6. The van der Waals surface area contributed by atoms with Crippen LogP contribution >= 0.6 is 0 Å². The van der Waals surface area contributed by atoms with Crippen LogP contribution in [0.25, 0.3) is 44.4 Å². The lowest BCUT2D eigenvalue weighted by Crippen LogP contribution is -2.40. The largest absolute Gasteiger partial charge is 0.444 e. The SMILES string of the molecule is CC(C)(C)OC(=O)NC(c1ncc(-c2ccc(-c3ccc4cc(-c5cnc(C(NC(=O)OC(C)(C)C)C(C)(C)C)[nH]5)ccc4c3)cc2)[nH]1)C(C)(C)C. The second-order valence-corrected chi connectivity index (χ2v) is 17.6. The summed E-state index contributed by atoms with van der Waals surface area (Å²) in [6.45, 7) is 23.4. The number of fused-ring (bicyclic) bond motifs is 1. The molecule has 5 rings (SSSR count). The van der Waals surface area contributed by atoms with E-state index in [1.807, 2.05) is 47.7 Å². The molecule has 3 aromatic carbocycles. The summed E-state index contributed by atoms with van der Waals surface area (Å²) in [5.41, 5.74) is 4.13. The van der Waals surface area contributed by atoms with Gasteiger partial charge in [0.1, 0.15) is 22.9 Å². The van der Waals surface area contributed by atoms with E-state index in [1.54, 1.807) is 6.20 Å². The van der Waals surface area contributed by atoms with Crippen LogP contribution in [0.1, 0.15) is 107 Å². The Bertz CT molecular complexity index is 2030. The maximum absolute atomic E-state index is 12.6. The summed E-state index contributed by atoms with van der Waals surface area (Å²) >= 11 is 0. The summed E-state index contributed by atoms with van der Waals surface area (Å²) in [4.78, 5) is 41.4. The average molecular weight is 707 g/mol. The van der Waals surface area contributed by atoms with Crippen LogP contribution in [0.4, 0.5) is 9.59 Å². The number of hydrogen-bond acceptors (Lipinski definition) is 6. The fourth-order valence-electron chi connectivity index (χ4n) is 5.94. The zero-order valence-corrected chi connectivity index (χ0v) is 32.6. The van der Waals surface area contributed by atoms with E-state index in [9.17, 15) is 9.59 Å². The molecule has 2 amide bonds. The molecule has 0 saturated carbocycles. The van der Waals surface area contributed by atoms with Gasteiger partial charge in [-0.3, -0.25) is 0 Å². The number of H-pyrrole nitrogens is 2. The predicted octanol–water partition coefficient (Wildman–Crippen LogP) is 10.5. The van der Waals surface area contributed by atoms with Crippen LogP contribution in [-0.2, 0) is 9.47 Å². The number of carbonyl (C=O) groups excluding carboxylic acids is 2. The first-order valence-corrected chi connectivity index (χ1v) is 17.8. The van der Waals surface area contributed by atoms with Crippen molar-refractivity contribution in [1.29, 1.82) is 0 Å². The Labute approximate surface area is 307 Å². The first-order chi connectivity index (χ1) is 24.1. The smallest absolute Gasteiger partial charge is 0.408 e. The molecule has 10 heteroatoms. The number of amides is 2. The zero-order valence-electron chi connectivity index (χ0n) is 32.6. The van der Waals surface area contributed by atoms with Gasteiger partial charge in [-0.2, -0.15) is 0 Å². The van der Waals surface area contributed by atoms with Gasteiger partial charge in [-0.05, 0) is 92.0 Å². The minimum atomic E-state index is -0.596. The first kappa shape index (κ1) is 38.1. The van der Waals surface area contributed by atoms with Crippen molar-refractivity contribution in [2.24, 2.45) is 10.8 Å². The quantitative estimate of drug-likeness (QED) is 0.133. The number of aromatic amines is 2. The van der Waals surface area contributed by atoms with Gasteiger partial charge in [0.05, 0.1) is 35.9 Å². The van der Waals surface area contributed by atoms with E-state index in [4.69, 9.17) is 9.47 Å². The minimum Gasteiger partial charge on any atom is -0.444 e. The Morgan fingerprint density at radius 3 is 1.33 bits per heavy atom. The molecule has 4 N–H and O–H groups in total. The van der Waals surface area contributed by atoms with Crippen molar-refractivity contribution in [3.05, 3.63) is 84.7 Å². The summed E-state index contributed by atoms with van der Waals surface area (Å²) in [7, 11) is 0. The van der Waals surface area contributed by atoms with Crippen molar-refractivity contribution in [1.82, 2.24) is 30.6 Å². The van der Waals surface area contributed by atoms with Crippen LogP contribution < -0.4 is 10.6 Å². The monoisotopic (exact) mass is 706 g/mol. The molecule has 0 bridgehead atoms. The number of hydrogen-bond donors (Lipinski definition) is 4. The molecule has 0 fully saturated rings. The third-order valence-electron chi connectivity index (χ3n) is 8.47. The highest BCUT2D eigenvalue weighted by Gasteiger charge is 2.33. The van der Waals surface area contributed by atoms with Crippen molar-refractivity contribution >= 4 is 23.0 Å². The number of ether oxygens (including phenoxy) is 2. The Balaban J connectivity index is 1.32. The minimum absolute atomic E-state index is 0.302. The Morgan fingerprint density at radius 2 is 0.904 bits per heavy atom. The van der Waals surface area contributed by atoms with Gasteiger partial charge in [0.2, 0.25) is 0 Å². The summed E-state index contributed by atoms with van der Waals surface area (Å²) in [5.74, 6) is 1.34. The van der Waals surface area contributed by atoms with E-state index < -0.39 is 23.4 Å². The van der Waals surface area contributed by atoms with Gasteiger partial charge in [-0.1, -0.05) is 90.1 Å². The van der Waals surface area contributed by atoms with Gasteiger partial charge in [-0.25, -0.2) is 19.6 Å². The number of nitrogens with zero attached hydrogens (tertiary/aromatic N) is 2. The fourth-order valence-corrected chi connectivity index (χ4v) is 5.94. The maximum atomic E-state index is 12.6. The average Bonchev–Trinajstić information content (AvgIpc) is 3.70. The van der Waals surface area contributed by atoms with Gasteiger partial charge >= 0.3 is 12.2 Å². The molecule has 0 spiro atoms. The molecular weight excluding hydrogens is 652 g/mol. The Hall–Kier alpha value is -5.12. The molecule has 5 aromatic rings. The fraction of sp³-hybridized carbons (Fsp3) is 0.429. The van der Waals surface area contributed by atoms with E-state index >= 15 is 0 Å². The number of carbonyl (C=O) groups is 2. The van der Waals surface area contributed by atoms with Crippen molar-refractivity contribution < 1.29 is 19.1 Å². The molecule has 276 valence electrons. The molecule has 2 heterocycles. The zero-order chi connectivity index (χ0) is 38.2. The number of rotatable bonds is 7. The van der Waals surface area contributed by atoms with Crippen LogP contribution in [0, 0.1) is 10.8 Å². The number of aromatic nitrogens is 4. The van der Waals surface area contributed by atoms with Crippen LogP contribution in [0.3, 0.4) is 0 Å². The van der Waals surface area contributed by atoms with Gasteiger partial charge in [0, 0.05) is 5.56 Å². The molecule has 10 nitrogen and oxygen atoms in total. The van der Waals surface area contributed by atoms with Crippen molar-refractivity contribution in [3.63, 3.8) is 0 Å². The van der Waals surface area contributed by atoms with Crippen LogP contribution in [0.15, 0.2) is 73.1 Å². The van der Waals surface area contributed by atoms with Gasteiger partial charge < -0.3 is 30.1 Å². The van der Waals surface area contributed by atoms with Gasteiger partial charge in [0.25, 0.3) is 0 Å². The molecule has 0 saturated heterocycles. The van der Waals surface area contributed by atoms with Crippen molar-refractivity contribution in [2.45, 2.75) is 106 Å². The third kappa shape index (κ3) is 9.60. The lowest BCUT2D eigenvalue weighted by atomic mass is 9.86. The van der Waals surface area contributed by atoms with E-state index in [-0.39, 0.29) is 22.9 Å². The molecule has 0 aliphatic carbocycles.